The number of methoxy groups -OCH3 is 1. The van der Waals surface area contributed by atoms with Gasteiger partial charge in [0.05, 0.1) is 48.8 Å². The predicted octanol–water partition coefficient (Wildman–Crippen LogP) is 5.88. The van der Waals surface area contributed by atoms with Crippen LogP contribution in [0.25, 0.3) is 11.3 Å². The second-order valence-corrected chi connectivity index (χ2v) is 10.3. The average molecular weight is 591 g/mol. The van der Waals surface area contributed by atoms with E-state index in [4.69, 9.17) is 19.2 Å². The quantitative estimate of drug-likeness (QED) is 0.248. The van der Waals surface area contributed by atoms with Gasteiger partial charge in [0.25, 0.3) is 0 Å². The van der Waals surface area contributed by atoms with Crippen molar-refractivity contribution in [3.63, 3.8) is 0 Å². The highest BCUT2D eigenvalue weighted by Gasteiger charge is 2.38. The van der Waals surface area contributed by atoms with Crippen LogP contribution in [0.3, 0.4) is 0 Å². The van der Waals surface area contributed by atoms with Crippen LogP contribution in [-0.4, -0.2) is 43.2 Å². The maximum atomic E-state index is 13.1. The second-order valence-electron chi connectivity index (χ2n) is 9.46. The van der Waals surface area contributed by atoms with Crippen LogP contribution in [0.5, 0.6) is 5.75 Å². The van der Waals surface area contributed by atoms with Crippen molar-refractivity contribution >= 4 is 45.7 Å². The molecule has 0 atom stereocenters. The Balaban J connectivity index is 1.67. The average Bonchev–Trinajstić information content (AvgIpc) is 3.41. The summed E-state index contributed by atoms with van der Waals surface area (Å²) in [5.74, 6) is -1.34. The number of hydrogen-bond acceptors (Lipinski definition) is 10. The van der Waals surface area contributed by atoms with Gasteiger partial charge in [0.1, 0.15) is 5.75 Å². The van der Waals surface area contributed by atoms with Crippen LogP contribution in [0, 0.1) is 0 Å². The summed E-state index contributed by atoms with van der Waals surface area (Å²) in [4.78, 5) is 42.6. The van der Waals surface area contributed by atoms with E-state index in [0.717, 1.165) is 22.5 Å². The van der Waals surface area contributed by atoms with Crippen LogP contribution >= 0.6 is 11.3 Å². The molecule has 2 aromatic carbocycles. The number of nitrogens with zero attached hydrogens (tertiary/aromatic N) is 1. The number of ether oxygens (including phenoxy) is 3. The zero-order chi connectivity index (χ0) is 30.4. The zero-order valence-corrected chi connectivity index (χ0v) is 25.2. The van der Waals surface area contributed by atoms with Crippen molar-refractivity contribution < 1.29 is 28.6 Å². The number of hydrogen-bond donors (Lipinski definition) is 3. The fraction of sp³-hybridized carbons (Fsp3) is 0.290. The van der Waals surface area contributed by atoms with Gasteiger partial charge in [0.2, 0.25) is 5.91 Å². The van der Waals surface area contributed by atoms with E-state index < -0.39 is 17.9 Å². The summed E-state index contributed by atoms with van der Waals surface area (Å²) in [7, 11) is 1.54. The largest absolute Gasteiger partial charge is 0.495 e. The monoisotopic (exact) mass is 590 g/mol. The Labute approximate surface area is 248 Å². The van der Waals surface area contributed by atoms with Gasteiger partial charge in [-0.25, -0.2) is 14.6 Å². The van der Waals surface area contributed by atoms with E-state index in [2.05, 4.69) is 16.0 Å². The van der Waals surface area contributed by atoms with Gasteiger partial charge in [-0.2, -0.15) is 0 Å². The van der Waals surface area contributed by atoms with Gasteiger partial charge in [-0.1, -0.05) is 12.1 Å². The molecule has 1 aliphatic heterocycles. The third kappa shape index (κ3) is 6.63. The van der Waals surface area contributed by atoms with Gasteiger partial charge in [-0.15, -0.1) is 11.3 Å². The van der Waals surface area contributed by atoms with E-state index in [9.17, 15) is 14.4 Å². The maximum absolute atomic E-state index is 13.1. The lowest BCUT2D eigenvalue weighted by Crippen LogP contribution is -2.32. The van der Waals surface area contributed by atoms with E-state index in [1.165, 1.54) is 18.3 Å². The number of nitrogens with one attached hydrogen (secondary N) is 3. The smallest absolute Gasteiger partial charge is 0.336 e. The second kappa shape index (κ2) is 13.3. The van der Waals surface area contributed by atoms with Crippen LogP contribution in [0.1, 0.15) is 46.1 Å². The standard InChI is InChI=1S/C31H34N4O6S/c1-7-40-29(37)26-17(3)32-18(4)27(30(38)41-8-2)28(26)21-10-9-11-22(14-21)34-31-35-24(16-42-31)20-12-13-25(39-6)23(15-20)33-19(5)36/h9-16,28,32H,7-8H2,1-6H3,(H,33,36)(H,34,35). The molecule has 0 spiro atoms. The molecule has 10 nitrogen and oxygen atoms in total. The first kappa shape index (κ1) is 30.3. The number of amides is 1. The molecule has 0 bridgehead atoms. The normalized spacial score (nSPS) is 13.4. The maximum Gasteiger partial charge on any atom is 0.336 e. The Hall–Kier alpha value is -4.64. The van der Waals surface area contributed by atoms with Crippen LogP contribution in [0.15, 0.2) is 70.4 Å². The first-order valence-corrected chi connectivity index (χ1v) is 14.4. The Morgan fingerprint density at radius 2 is 1.64 bits per heavy atom. The topological polar surface area (TPSA) is 128 Å². The minimum absolute atomic E-state index is 0.202. The highest BCUT2D eigenvalue weighted by Crippen LogP contribution is 2.40. The van der Waals surface area contributed by atoms with Crippen LogP contribution in [0.2, 0.25) is 0 Å². The molecule has 1 aromatic heterocycles. The van der Waals surface area contributed by atoms with Crippen LogP contribution in [0.4, 0.5) is 16.5 Å². The Morgan fingerprint density at radius 3 is 2.24 bits per heavy atom. The van der Waals surface area contributed by atoms with E-state index >= 15 is 0 Å². The summed E-state index contributed by atoms with van der Waals surface area (Å²) < 4.78 is 16.1. The molecule has 3 aromatic rings. The molecule has 0 fully saturated rings. The lowest BCUT2D eigenvalue weighted by molar-refractivity contribution is -0.139. The fourth-order valence-corrected chi connectivity index (χ4v) is 5.56. The van der Waals surface area contributed by atoms with E-state index in [1.54, 1.807) is 40.9 Å². The SMILES string of the molecule is CCOC(=O)C1=C(C)NC(C)=C(C(=O)OCC)C1c1cccc(Nc2nc(-c3ccc(OC)c(NC(C)=O)c3)cs2)c1. The summed E-state index contributed by atoms with van der Waals surface area (Å²) in [6.07, 6.45) is 0. The number of rotatable bonds is 10. The molecule has 4 rings (SSSR count). The van der Waals surface area contributed by atoms with Crippen molar-refractivity contribution in [3.8, 4) is 17.0 Å². The van der Waals surface area contributed by atoms with Crippen LogP contribution in [-0.2, 0) is 23.9 Å². The van der Waals surface area contributed by atoms with Gasteiger partial charge >= 0.3 is 11.9 Å². The predicted molar refractivity (Wildman–Crippen MR) is 163 cm³/mol. The first-order valence-electron chi connectivity index (χ1n) is 13.5. The van der Waals surface area contributed by atoms with Crippen molar-refractivity contribution in [2.45, 2.75) is 40.5 Å². The lowest BCUT2D eigenvalue weighted by Gasteiger charge is -2.30. The molecule has 3 N–H and O–H groups in total. The molecular formula is C31H34N4O6S. The Bertz CT molecular complexity index is 1530. The molecule has 0 radical (unpaired) electrons. The number of esters is 2. The number of carbonyl (C=O) groups excluding carboxylic acids is 3. The summed E-state index contributed by atoms with van der Waals surface area (Å²) in [5, 5.41) is 11.8. The number of dihydropyridines is 1. The molecule has 2 heterocycles. The third-order valence-corrected chi connectivity index (χ3v) is 7.29. The van der Waals surface area contributed by atoms with Crippen molar-refractivity contribution in [1.82, 2.24) is 10.3 Å². The molecule has 11 heteroatoms. The van der Waals surface area contributed by atoms with Crippen LogP contribution < -0.4 is 20.7 Å². The van der Waals surface area contributed by atoms with Gasteiger partial charge in [-0.3, -0.25) is 4.79 Å². The van der Waals surface area contributed by atoms with Crippen molar-refractivity contribution in [2.75, 3.05) is 31.0 Å². The molecule has 42 heavy (non-hydrogen) atoms. The van der Waals surface area contributed by atoms with Gasteiger partial charge in [0.15, 0.2) is 5.13 Å². The number of benzene rings is 2. The Kier molecular flexibility index (Phi) is 9.64. The van der Waals surface area contributed by atoms with E-state index in [-0.39, 0.29) is 19.1 Å². The third-order valence-electron chi connectivity index (χ3n) is 6.53. The van der Waals surface area contributed by atoms with Crippen molar-refractivity contribution in [3.05, 3.63) is 75.9 Å². The highest BCUT2D eigenvalue weighted by molar-refractivity contribution is 7.14. The minimum atomic E-state index is -0.690. The van der Waals surface area contributed by atoms with E-state index in [1.807, 2.05) is 41.8 Å². The van der Waals surface area contributed by atoms with Crippen molar-refractivity contribution in [2.24, 2.45) is 0 Å². The zero-order valence-electron chi connectivity index (χ0n) is 24.4. The summed E-state index contributed by atoms with van der Waals surface area (Å²) >= 11 is 1.42. The number of aromatic nitrogens is 1. The number of allylic oxidation sites excluding steroid dienone is 2. The van der Waals surface area contributed by atoms with Gasteiger partial charge < -0.3 is 30.2 Å². The molecule has 0 saturated heterocycles. The minimum Gasteiger partial charge on any atom is -0.495 e. The number of carbonyl (C=O) groups is 3. The number of anilines is 3. The highest BCUT2D eigenvalue weighted by atomic mass is 32.1. The molecule has 220 valence electrons. The van der Waals surface area contributed by atoms with Gasteiger partial charge in [-0.05, 0) is 63.6 Å². The van der Waals surface area contributed by atoms with Gasteiger partial charge in [0, 0.05) is 34.9 Å². The molecule has 0 saturated carbocycles. The molecule has 0 aliphatic carbocycles. The summed E-state index contributed by atoms with van der Waals surface area (Å²) in [6.45, 7) is 8.91. The summed E-state index contributed by atoms with van der Waals surface area (Å²) in [6, 6.07) is 13.0. The molecule has 1 amide bonds. The molecule has 1 aliphatic rings. The van der Waals surface area contributed by atoms with E-state index in [0.29, 0.717) is 39.1 Å². The summed E-state index contributed by atoms with van der Waals surface area (Å²) in [5.41, 5.74) is 5.48. The first-order chi connectivity index (χ1) is 20.2. The molecular weight excluding hydrogens is 556 g/mol. The fourth-order valence-electron chi connectivity index (χ4n) is 4.82. The lowest BCUT2D eigenvalue weighted by atomic mass is 9.80. The molecule has 0 unspecified atom stereocenters. The number of thiazole rings is 1. The Morgan fingerprint density at radius 1 is 0.976 bits per heavy atom. The van der Waals surface area contributed by atoms with Crippen molar-refractivity contribution in [1.29, 1.82) is 0 Å².